The summed E-state index contributed by atoms with van der Waals surface area (Å²) in [6.07, 6.45) is 0.948. The van der Waals surface area contributed by atoms with Gasteiger partial charge in [-0.15, -0.1) is 15.3 Å². The van der Waals surface area contributed by atoms with Gasteiger partial charge in [0.05, 0.1) is 5.69 Å². The first kappa shape index (κ1) is 17.1. The van der Waals surface area contributed by atoms with Crippen LogP contribution in [0.25, 0.3) is 10.8 Å². The Hall–Kier alpha value is -1.77. The Balaban J connectivity index is 1.66. The van der Waals surface area contributed by atoms with Crippen LogP contribution in [0, 0.1) is 6.92 Å². The summed E-state index contributed by atoms with van der Waals surface area (Å²) in [5, 5.41) is 24.1. The van der Waals surface area contributed by atoms with Crippen LogP contribution in [0.4, 0.5) is 5.13 Å². The van der Waals surface area contributed by atoms with Crippen LogP contribution in [0.1, 0.15) is 19.0 Å². The molecule has 0 saturated heterocycles. The molecule has 8 heteroatoms. The molecular weight excluding hydrogens is 342 g/mol. The number of rotatable bonds is 8. The van der Waals surface area contributed by atoms with Crippen LogP contribution in [0.15, 0.2) is 33.6 Å². The third-order valence-corrected chi connectivity index (χ3v) is 5.30. The molecule has 2 aromatic heterocycles. The second kappa shape index (κ2) is 8.36. The average molecular weight is 361 g/mol. The minimum Gasteiger partial charge on any atom is -0.382 e. The van der Waals surface area contributed by atoms with E-state index in [1.807, 2.05) is 26.0 Å². The van der Waals surface area contributed by atoms with Gasteiger partial charge >= 0.3 is 0 Å². The van der Waals surface area contributed by atoms with E-state index in [0.29, 0.717) is 0 Å². The van der Waals surface area contributed by atoms with Gasteiger partial charge in [0.25, 0.3) is 0 Å². The highest BCUT2D eigenvalue weighted by atomic mass is 32.2. The highest BCUT2D eigenvalue weighted by Gasteiger charge is 2.11. The second-order valence-electron chi connectivity index (χ2n) is 5.09. The molecule has 0 radical (unpaired) electrons. The van der Waals surface area contributed by atoms with E-state index >= 15 is 0 Å². The van der Waals surface area contributed by atoms with Crippen molar-refractivity contribution in [1.29, 1.82) is 0 Å². The normalized spacial score (nSPS) is 11.1. The van der Waals surface area contributed by atoms with Gasteiger partial charge in [0.15, 0.2) is 4.34 Å². The fourth-order valence-corrected chi connectivity index (χ4v) is 3.97. The van der Waals surface area contributed by atoms with Crippen molar-refractivity contribution < 1.29 is 4.74 Å². The molecule has 0 atom stereocenters. The van der Waals surface area contributed by atoms with Crippen LogP contribution in [0.3, 0.4) is 0 Å². The van der Waals surface area contributed by atoms with E-state index in [9.17, 15) is 0 Å². The topological polar surface area (TPSA) is 72.8 Å². The van der Waals surface area contributed by atoms with Gasteiger partial charge in [-0.05, 0) is 32.0 Å². The first-order valence-corrected chi connectivity index (χ1v) is 9.46. The molecule has 0 aliphatic carbocycles. The smallest absolute Gasteiger partial charge is 0.206 e. The highest BCUT2D eigenvalue weighted by Crippen LogP contribution is 2.34. The molecule has 3 rings (SSSR count). The summed E-state index contributed by atoms with van der Waals surface area (Å²) in [5.74, 6) is 0. The Morgan fingerprint density at radius 2 is 1.96 bits per heavy atom. The number of nitrogens with zero attached hydrogens (tertiary/aromatic N) is 4. The molecule has 2 heterocycles. The molecule has 0 saturated carbocycles. The van der Waals surface area contributed by atoms with Crippen molar-refractivity contribution in [2.45, 2.75) is 29.6 Å². The zero-order valence-electron chi connectivity index (χ0n) is 13.7. The summed E-state index contributed by atoms with van der Waals surface area (Å²) in [4.78, 5) is 0. The van der Waals surface area contributed by atoms with E-state index in [1.54, 1.807) is 0 Å². The van der Waals surface area contributed by atoms with E-state index in [-0.39, 0.29) is 0 Å². The molecule has 0 aliphatic rings. The van der Waals surface area contributed by atoms with Gasteiger partial charge in [0.2, 0.25) is 5.13 Å². The van der Waals surface area contributed by atoms with Gasteiger partial charge in [-0.1, -0.05) is 35.6 Å². The number of nitrogens with one attached hydrogen (secondary N) is 1. The first-order chi connectivity index (χ1) is 11.8. The van der Waals surface area contributed by atoms with Gasteiger partial charge in [-0.3, -0.25) is 0 Å². The van der Waals surface area contributed by atoms with E-state index in [2.05, 4.69) is 37.8 Å². The lowest BCUT2D eigenvalue weighted by molar-refractivity contribution is 0.147. The summed E-state index contributed by atoms with van der Waals surface area (Å²) < 4.78 is 6.17. The minimum absolute atomic E-state index is 0.755. The van der Waals surface area contributed by atoms with Crippen LogP contribution in [-0.2, 0) is 4.74 Å². The lowest BCUT2D eigenvalue weighted by Crippen LogP contribution is -2.05. The largest absolute Gasteiger partial charge is 0.382 e. The monoisotopic (exact) mass is 361 g/mol. The fraction of sp³-hybridized carbons (Fsp3) is 0.375. The Kier molecular flexibility index (Phi) is 5.95. The van der Waals surface area contributed by atoms with Crippen LogP contribution < -0.4 is 5.32 Å². The number of aryl methyl sites for hydroxylation is 1. The molecule has 3 aromatic rings. The molecule has 0 bridgehead atoms. The molecule has 126 valence electrons. The van der Waals surface area contributed by atoms with Crippen LogP contribution in [-0.4, -0.2) is 40.2 Å². The fourth-order valence-electron chi connectivity index (χ4n) is 2.21. The maximum absolute atomic E-state index is 5.31. The predicted molar refractivity (Wildman–Crippen MR) is 97.9 cm³/mol. The lowest BCUT2D eigenvalue weighted by Gasteiger charge is -2.04. The molecule has 0 aliphatic heterocycles. The lowest BCUT2D eigenvalue weighted by atomic mass is 10.1. The van der Waals surface area contributed by atoms with E-state index < -0.39 is 0 Å². The number of anilines is 1. The van der Waals surface area contributed by atoms with Crippen molar-refractivity contribution in [3.8, 4) is 0 Å². The summed E-state index contributed by atoms with van der Waals surface area (Å²) in [7, 11) is 0. The van der Waals surface area contributed by atoms with Crippen LogP contribution in [0.5, 0.6) is 0 Å². The number of hydrogen-bond acceptors (Lipinski definition) is 8. The van der Waals surface area contributed by atoms with Gasteiger partial charge in [-0.25, -0.2) is 0 Å². The summed E-state index contributed by atoms with van der Waals surface area (Å²) >= 11 is 3.03. The highest BCUT2D eigenvalue weighted by molar-refractivity contribution is 8.01. The van der Waals surface area contributed by atoms with E-state index in [0.717, 1.165) is 57.1 Å². The van der Waals surface area contributed by atoms with Crippen molar-refractivity contribution in [2.24, 2.45) is 0 Å². The Labute approximate surface area is 149 Å². The third kappa shape index (κ3) is 4.19. The summed E-state index contributed by atoms with van der Waals surface area (Å²) in [5.41, 5.74) is 0.934. The van der Waals surface area contributed by atoms with Gasteiger partial charge in [-0.2, -0.15) is 5.10 Å². The van der Waals surface area contributed by atoms with Gasteiger partial charge < -0.3 is 10.1 Å². The Bertz CT molecular complexity index is 808. The number of hydrogen-bond donors (Lipinski definition) is 1. The third-order valence-electron chi connectivity index (χ3n) is 3.37. The summed E-state index contributed by atoms with van der Waals surface area (Å²) in [6.45, 7) is 6.31. The molecule has 6 nitrogen and oxygen atoms in total. The molecule has 1 aromatic carbocycles. The molecule has 24 heavy (non-hydrogen) atoms. The minimum atomic E-state index is 0.755. The van der Waals surface area contributed by atoms with Crippen LogP contribution in [0.2, 0.25) is 0 Å². The summed E-state index contributed by atoms with van der Waals surface area (Å²) in [6, 6.07) is 8.15. The molecule has 0 spiro atoms. The van der Waals surface area contributed by atoms with Gasteiger partial charge in [0, 0.05) is 30.5 Å². The molecular formula is C16H19N5OS2. The Morgan fingerprint density at radius 3 is 2.79 bits per heavy atom. The van der Waals surface area contributed by atoms with Crippen molar-refractivity contribution in [3.05, 3.63) is 30.0 Å². The van der Waals surface area contributed by atoms with Gasteiger partial charge in [0.1, 0.15) is 5.03 Å². The standard InChI is InChI=1S/C16H19N5OS2/c1-3-22-10-6-9-17-15-20-21-16(24-15)23-14-13-8-5-4-7-12(13)11(2)18-19-14/h4-5,7-8H,3,6,9-10H2,1-2H3,(H,17,20). The SMILES string of the molecule is CCOCCCNc1nnc(Sc2nnc(C)c3ccccc23)s1. The van der Waals surface area contributed by atoms with Crippen molar-refractivity contribution >= 4 is 39.0 Å². The predicted octanol–water partition coefficient (Wildman–Crippen LogP) is 3.78. The molecule has 0 fully saturated rings. The maximum Gasteiger partial charge on any atom is 0.206 e. The number of fused-ring (bicyclic) bond motifs is 1. The quantitative estimate of drug-likeness (QED) is 0.612. The zero-order valence-corrected chi connectivity index (χ0v) is 15.3. The molecule has 0 amide bonds. The van der Waals surface area contributed by atoms with Crippen LogP contribution >= 0.6 is 23.1 Å². The first-order valence-electron chi connectivity index (χ1n) is 7.83. The maximum atomic E-state index is 5.31. The number of benzene rings is 1. The number of ether oxygens (including phenoxy) is 1. The zero-order chi connectivity index (χ0) is 16.8. The van der Waals surface area contributed by atoms with E-state index in [1.165, 1.54) is 23.1 Å². The second-order valence-corrected chi connectivity index (χ2v) is 7.30. The van der Waals surface area contributed by atoms with Crippen molar-refractivity contribution in [2.75, 3.05) is 25.1 Å². The van der Waals surface area contributed by atoms with Crippen molar-refractivity contribution in [1.82, 2.24) is 20.4 Å². The van der Waals surface area contributed by atoms with E-state index in [4.69, 9.17) is 4.74 Å². The molecule has 1 N–H and O–H groups in total. The van der Waals surface area contributed by atoms with Crippen molar-refractivity contribution in [3.63, 3.8) is 0 Å². The molecule has 0 unspecified atom stereocenters. The Morgan fingerprint density at radius 1 is 1.12 bits per heavy atom. The number of aromatic nitrogens is 4. The average Bonchev–Trinajstić information content (AvgIpc) is 3.05.